The Balaban J connectivity index is 2.26. The molecule has 0 saturated heterocycles. The van der Waals surface area contributed by atoms with Crippen molar-refractivity contribution in [3.8, 4) is 0 Å². The molecule has 0 aliphatic heterocycles. The van der Waals surface area contributed by atoms with Crippen molar-refractivity contribution in [2.24, 2.45) is 12.8 Å². The highest BCUT2D eigenvalue weighted by Crippen LogP contribution is 2.14. The quantitative estimate of drug-likeness (QED) is 0.799. The van der Waals surface area contributed by atoms with Gasteiger partial charge in [0.1, 0.15) is 18.8 Å². The number of halogens is 3. The van der Waals surface area contributed by atoms with Crippen molar-refractivity contribution >= 4 is 0 Å². The van der Waals surface area contributed by atoms with Crippen molar-refractivity contribution < 1.29 is 17.9 Å². The van der Waals surface area contributed by atoms with Gasteiger partial charge >= 0.3 is 6.18 Å². The molecule has 0 fully saturated rings. The molecule has 1 atom stereocenters. The van der Waals surface area contributed by atoms with E-state index in [0.717, 1.165) is 0 Å². The second-order valence-electron chi connectivity index (χ2n) is 3.39. The first kappa shape index (κ1) is 12.9. The Kier molecular flexibility index (Phi) is 4.25. The summed E-state index contributed by atoms with van der Waals surface area (Å²) >= 11 is 0. The Bertz CT molecular complexity index is 325. The number of aromatic nitrogens is 3. The molecule has 0 aliphatic rings. The van der Waals surface area contributed by atoms with Gasteiger partial charge in [-0.05, 0) is 0 Å². The van der Waals surface area contributed by atoms with Gasteiger partial charge in [-0.2, -0.15) is 18.3 Å². The first-order chi connectivity index (χ1) is 7.38. The van der Waals surface area contributed by atoms with Crippen LogP contribution < -0.4 is 5.73 Å². The fraction of sp³-hybridized carbons (Fsp3) is 0.750. The molecule has 5 nitrogen and oxygen atoms in total. The maximum Gasteiger partial charge on any atom is 0.411 e. The number of ether oxygens (including phenoxy) is 1. The van der Waals surface area contributed by atoms with E-state index in [-0.39, 0.29) is 6.61 Å². The second-order valence-corrected chi connectivity index (χ2v) is 3.39. The molecule has 0 aromatic carbocycles. The van der Waals surface area contributed by atoms with Crippen LogP contribution in [0.15, 0.2) is 6.33 Å². The van der Waals surface area contributed by atoms with Gasteiger partial charge in [-0.15, -0.1) is 0 Å². The molecule has 2 N–H and O–H groups in total. The number of hydrogen-bond acceptors (Lipinski definition) is 4. The summed E-state index contributed by atoms with van der Waals surface area (Å²) in [6, 6.07) is -0.523. The average Bonchev–Trinajstić information content (AvgIpc) is 2.49. The highest BCUT2D eigenvalue weighted by molar-refractivity contribution is 4.87. The van der Waals surface area contributed by atoms with Gasteiger partial charge in [0.15, 0.2) is 0 Å². The van der Waals surface area contributed by atoms with E-state index in [2.05, 4.69) is 14.8 Å². The Hall–Kier alpha value is -1.15. The third kappa shape index (κ3) is 4.58. The van der Waals surface area contributed by atoms with Gasteiger partial charge in [-0.1, -0.05) is 0 Å². The van der Waals surface area contributed by atoms with E-state index >= 15 is 0 Å². The Morgan fingerprint density at radius 2 is 2.25 bits per heavy atom. The van der Waals surface area contributed by atoms with Gasteiger partial charge in [0.05, 0.1) is 6.61 Å². The van der Waals surface area contributed by atoms with Crippen molar-refractivity contribution in [1.29, 1.82) is 0 Å². The van der Waals surface area contributed by atoms with Crippen LogP contribution in [0.25, 0.3) is 0 Å². The molecule has 0 spiro atoms. The van der Waals surface area contributed by atoms with E-state index in [1.54, 1.807) is 7.05 Å². The summed E-state index contributed by atoms with van der Waals surface area (Å²) in [6.07, 6.45) is -2.63. The smallest absolute Gasteiger partial charge is 0.370 e. The molecule has 0 radical (unpaired) electrons. The minimum Gasteiger partial charge on any atom is -0.370 e. The van der Waals surface area contributed by atoms with Crippen LogP contribution in [0.2, 0.25) is 0 Å². The van der Waals surface area contributed by atoms with Crippen LogP contribution in [0.3, 0.4) is 0 Å². The molecule has 1 aromatic heterocycles. The highest BCUT2D eigenvalue weighted by Gasteiger charge is 2.27. The molecule has 1 rings (SSSR count). The highest BCUT2D eigenvalue weighted by atomic mass is 19.4. The number of alkyl halides is 3. The Morgan fingerprint density at radius 1 is 1.56 bits per heavy atom. The topological polar surface area (TPSA) is 66.0 Å². The number of hydrogen-bond donors (Lipinski definition) is 1. The summed E-state index contributed by atoms with van der Waals surface area (Å²) in [4.78, 5) is 3.91. The summed E-state index contributed by atoms with van der Waals surface area (Å²) in [5.74, 6) is 0.614. The monoisotopic (exact) mass is 238 g/mol. The van der Waals surface area contributed by atoms with Crippen LogP contribution in [0.1, 0.15) is 5.82 Å². The molecule has 1 aromatic rings. The summed E-state index contributed by atoms with van der Waals surface area (Å²) < 4.78 is 41.2. The predicted molar refractivity (Wildman–Crippen MR) is 49.6 cm³/mol. The van der Waals surface area contributed by atoms with E-state index in [4.69, 9.17) is 5.73 Å². The van der Waals surface area contributed by atoms with Crippen LogP contribution in [-0.2, 0) is 18.2 Å². The van der Waals surface area contributed by atoms with E-state index in [9.17, 15) is 13.2 Å². The van der Waals surface area contributed by atoms with E-state index < -0.39 is 18.8 Å². The zero-order valence-corrected chi connectivity index (χ0v) is 8.74. The molecule has 1 unspecified atom stereocenters. The lowest BCUT2D eigenvalue weighted by Gasteiger charge is -2.12. The zero-order valence-electron chi connectivity index (χ0n) is 8.74. The molecule has 1 heterocycles. The van der Waals surface area contributed by atoms with E-state index in [0.29, 0.717) is 12.2 Å². The maximum atomic E-state index is 11.8. The van der Waals surface area contributed by atoms with Gasteiger partial charge < -0.3 is 10.5 Å². The van der Waals surface area contributed by atoms with Gasteiger partial charge in [0.2, 0.25) is 0 Å². The molecule has 16 heavy (non-hydrogen) atoms. The lowest BCUT2D eigenvalue weighted by molar-refractivity contribution is -0.174. The van der Waals surface area contributed by atoms with Crippen LogP contribution in [0.4, 0.5) is 13.2 Å². The minimum atomic E-state index is -4.31. The maximum absolute atomic E-state index is 11.8. The van der Waals surface area contributed by atoms with E-state index in [1.165, 1.54) is 11.0 Å². The standard InChI is InChI=1S/C8H13F3N4O/c1-15-7(13-5-14-15)2-6(12)3-16-4-8(9,10)11/h5-6H,2-4,12H2,1H3. The SMILES string of the molecule is Cn1ncnc1CC(N)COCC(F)(F)F. The molecule has 0 bridgehead atoms. The normalized spacial score (nSPS) is 14.1. The predicted octanol–water partition coefficient (Wildman–Crippen LogP) is 0.264. The average molecular weight is 238 g/mol. The fourth-order valence-electron chi connectivity index (χ4n) is 1.12. The van der Waals surface area contributed by atoms with E-state index in [1.807, 2.05) is 0 Å². The lowest BCUT2D eigenvalue weighted by Crippen LogP contribution is -2.32. The van der Waals surface area contributed by atoms with Crippen molar-refractivity contribution in [3.63, 3.8) is 0 Å². The van der Waals surface area contributed by atoms with Gasteiger partial charge in [0, 0.05) is 19.5 Å². The first-order valence-electron chi connectivity index (χ1n) is 4.61. The third-order valence-electron chi connectivity index (χ3n) is 1.85. The van der Waals surface area contributed by atoms with Crippen LogP contribution >= 0.6 is 0 Å². The summed E-state index contributed by atoms with van der Waals surface area (Å²) in [5.41, 5.74) is 5.59. The first-order valence-corrected chi connectivity index (χ1v) is 4.61. The number of nitrogens with zero attached hydrogens (tertiary/aromatic N) is 3. The molecular weight excluding hydrogens is 225 g/mol. The number of nitrogens with two attached hydrogens (primary N) is 1. The Morgan fingerprint density at radius 3 is 2.75 bits per heavy atom. The van der Waals surface area contributed by atoms with Crippen LogP contribution in [0, 0.1) is 0 Å². The summed E-state index contributed by atoms with van der Waals surface area (Å²) in [5, 5.41) is 3.82. The van der Waals surface area contributed by atoms with Gasteiger partial charge in [-0.25, -0.2) is 4.98 Å². The summed E-state index contributed by atoms with van der Waals surface area (Å²) in [7, 11) is 1.69. The molecule has 92 valence electrons. The molecule has 0 amide bonds. The van der Waals surface area contributed by atoms with Crippen LogP contribution in [0.5, 0.6) is 0 Å². The van der Waals surface area contributed by atoms with Gasteiger partial charge in [-0.3, -0.25) is 4.68 Å². The van der Waals surface area contributed by atoms with Crippen molar-refractivity contribution in [1.82, 2.24) is 14.8 Å². The fourth-order valence-corrected chi connectivity index (χ4v) is 1.12. The van der Waals surface area contributed by atoms with Crippen molar-refractivity contribution in [3.05, 3.63) is 12.2 Å². The summed E-state index contributed by atoms with van der Waals surface area (Å²) in [6.45, 7) is -1.44. The van der Waals surface area contributed by atoms with Gasteiger partial charge in [0.25, 0.3) is 0 Å². The minimum absolute atomic E-state index is 0.160. The molecule has 8 heteroatoms. The third-order valence-corrected chi connectivity index (χ3v) is 1.85. The largest absolute Gasteiger partial charge is 0.411 e. The zero-order chi connectivity index (χ0) is 12.2. The lowest BCUT2D eigenvalue weighted by atomic mass is 10.2. The molecule has 0 saturated carbocycles. The van der Waals surface area contributed by atoms with Crippen molar-refractivity contribution in [2.45, 2.75) is 18.6 Å². The second kappa shape index (κ2) is 5.26. The van der Waals surface area contributed by atoms with Crippen molar-refractivity contribution in [2.75, 3.05) is 13.2 Å². The van der Waals surface area contributed by atoms with Crippen LogP contribution in [-0.4, -0.2) is 40.2 Å². The number of rotatable bonds is 5. The Labute approximate surface area is 90.4 Å². The number of aryl methyl sites for hydroxylation is 1. The molecule has 0 aliphatic carbocycles. The molecular formula is C8H13F3N4O.